The van der Waals surface area contributed by atoms with Gasteiger partial charge in [-0.1, -0.05) is 18.2 Å². The first-order valence-corrected chi connectivity index (χ1v) is 8.24. The maximum Gasteiger partial charge on any atom is 0.279 e. The standard InChI is InChI=1S/C15H17N3O4S/c1-18(2)15(19)11-22-13-8-4-3-7-12(13)17-23(20,21)14-9-5-6-10-16-14/h3-10,17H,11H2,1-2H3. The molecule has 0 bridgehead atoms. The van der Waals surface area contributed by atoms with E-state index in [0.29, 0.717) is 0 Å². The Labute approximate surface area is 135 Å². The van der Waals surface area contributed by atoms with Crippen LogP contribution in [0.4, 0.5) is 5.69 Å². The molecule has 2 rings (SSSR count). The summed E-state index contributed by atoms with van der Waals surface area (Å²) in [6, 6.07) is 11.1. The van der Waals surface area contributed by atoms with Gasteiger partial charge in [-0.3, -0.25) is 9.52 Å². The maximum absolute atomic E-state index is 12.3. The van der Waals surface area contributed by atoms with E-state index in [9.17, 15) is 13.2 Å². The van der Waals surface area contributed by atoms with Crippen molar-refractivity contribution < 1.29 is 17.9 Å². The molecule has 0 atom stereocenters. The van der Waals surface area contributed by atoms with Crippen molar-refractivity contribution in [1.82, 2.24) is 9.88 Å². The van der Waals surface area contributed by atoms with Gasteiger partial charge in [-0.2, -0.15) is 8.42 Å². The van der Waals surface area contributed by atoms with Crippen molar-refractivity contribution in [2.45, 2.75) is 5.03 Å². The minimum Gasteiger partial charge on any atom is -0.482 e. The van der Waals surface area contributed by atoms with Gasteiger partial charge in [0, 0.05) is 20.3 Å². The van der Waals surface area contributed by atoms with Gasteiger partial charge in [0.25, 0.3) is 15.9 Å². The number of pyridine rings is 1. The number of hydrogen-bond donors (Lipinski definition) is 1. The van der Waals surface area contributed by atoms with Crippen LogP contribution in [0.2, 0.25) is 0 Å². The van der Waals surface area contributed by atoms with Crippen LogP contribution >= 0.6 is 0 Å². The fraction of sp³-hybridized carbons (Fsp3) is 0.200. The van der Waals surface area contributed by atoms with Crippen molar-refractivity contribution in [3.05, 3.63) is 48.7 Å². The average molecular weight is 335 g/mol. The number of carbonyl (C=O) groups is 1. The largest absolute Gasteiger partial charge is 0.482 e. The highest BCUT2D eigenvalue weighted by Gasteiger charge is 2.18. The fourth-order valence-corrected chi connectivity index (χ4v) is 2.67. The lowest BCUT2D eigenvalue weighted by Crippen LogP contribution is -2.27. The molecule has 0 aliphatic heterocycles. The van der Waals surface area contributed by atoms with E-state index in [2.05, 4.69) is 9.71 Å². The Morgan fingerprint density at radius 3 is 2.52 bits per heavy atom. The number of carbonyl (C=O) groups excluding carboxylic acids is 1. The van der Waals surface area contributed by atoms with Crippen molar-refractivity contribution in [3.63, 3.8) is 0 Å². The van der Waals surface area contributed by atoms with Crippen LogP contribution < -0.4 is 9.46 Å². The number of amides is 1. The molecule has 0 saturated heterocycles. The first-order chi connectivity index (χ1) is 10.9. The number of rotatable bonds is 6. The van der Waals surface area contributed by atoms with Crippen LogP contribution in [0, 0.1) is 0 Å². The molecule has 7 nitrogen and oxygen atoms in total. The molecule has 0 aliphatic carbocycles. The third kappa shape index (κ3) is 4.43. The topological polar surface area (TPSA) is 88.6 Å². The van der Waals surface area contributed by atoms with E-state index in [-0.39, 0.29) is 29.0 Å². The van der Waals surface area contributed by atoms with Crippen LogP contribution in [0.3, 0.4) is 0 Å². The van der Waals surface area contributed by atoms with Gasteiger partial charge in [0.05, 0.1) is 5.69 Å². The molecule has 0 radical (unpaired) electrons. The number of ether oxygens (including phenoxy) is 1. The Kier molecular flexibility index (Phi) is 5.17. The molecule has 1 heterocycles. The van der Waals surface area contributed by atoms with E-state index in [1.807, 2.05) is 0 Å². The minimum atomic E-state index is -3.83. The van der Waals surface area contributed by atoms with Crippen molar-refractivity contribution in [3.8, 4) is 5.75 Å². The van der Waals surface area contributed by atoms with Crippen LogP contribution in [0.5, 0.6) is 5.75 Å². The second-order valence-corrected chi connectivity index (χ2v) is 6.48. The van der Waals surface area contributed by atoms with Gasteiger partial charge >= 0.3 is 0 Å². The first kappa shape index (κ1) is 16.8. The lowest BCUT2D eigenvalue weighted by molar-refractivity contribution is -0.130. The zero-order valence-electron chi connectivity index (χ0n) is 12.8. The second-order valence-electron chi connectivity index (χ2n) is 4.85. The molecule has 23 heavy (non-hydrogen) atoms. The molecular formula is C15H17N3O4S. The van der Waals surface area contributed by atoms with Gasteiger partial charge in [-0.05, 0) is 24.3 Å². The molecule has 0 aliphatic rings. The van der Waals surface area contributed by atoms with Gasteiger partial charge in [0.2, 0.25) is 0 Å². The molecule has 0 saturated carbocycles. The molecule has 1 amide bonds. The van der Waals surface area contributed by atoms with Gasteiger partial charge in [-0.15, -0.1) is 0 Å². The van der Waals surface area contributed by atoms with Crippen molar-refractivity contribution in [1.29, 1.82) is 0 Å². The quantitative estimate of drug-likeness (QED) is 0.861. The van der Waals surface area contributed by atoms with E-state index in [1.54, 1.807) is 50.5 Å². The predicted molar refractivity (Wildman–Crippen MR) is 85.7 cm³/mol. The maximum atomic E-state index is 12.3. The summed E-state index contributed by atoms with van der Waals surface area (Å²) in [5.74, 6) is 0.0367. The molecule has 0 spiro atoms. The van der Waals surface area contributed by atoms with Crippen LogP contribution in [0.25, 0.3) is 0 Å². The normalized spacial score (nSPS) is 10.9. The highest BCUT2D eigenvalue weighted by molar-refractivity contribution is 7.92. The number of sulfonamides is 1. The summed E-state index contributed by atoms with van der Waals surface area (Å²) in [5, 5.41) is -0.0980. The van der Waals surface area contributed by atoms with Gasteiger partial charge in [0.1, 0.15) is 5.75 Å². The zero-order chi connectivity index (χ0) is 16.9. The van der Waals surface area contributed by atoms with Crippen LogP contribution in [0.1, 0.15) is 0 Å². The molecule has 1 aromatic carbocycles. The summed E-state index contributed by atoms with van der Waals surface area (Å²) in [4.78, 5) is 16.8. The summed E-state index contributed by atoms with van der Waals surface area (Å²) in [6.45, 7) is -0.185. The molecule has 122 valence electrons. The Morgan fingerprint density at radius 1 is 1.17 bits per heavy atom. The number of likely N-dealkylation sites (N-methyl/N-ethyl adjacent to an activating group) is 1. The third-order valence-electron chi connectivity index (χ3n) is 2.89. The van der Waals surface area contributed by atoms with E-state index < -0.39 is 10.0 Å². The fourth-order valence-electron chi connectivity index (χ4n) is 1.65. The van der Waals surface area contributed by atoms with Gasteiger partial charge in [0.15, 0.2) is 11.6 Å². The van der Waals surface area contributed by atoms with E-state index >= 15 is 0 Å². The number of nitrogens with one attached hydrogen (secondary N) is 1. The average Bonchev–Trinajstić information content (AvgIpc) is 2.54. The predicted octanol–water partition coefficient (Wildman–Crippen LogP) is 1.35. The number of anilines is 1. The number of aromatic nitrogens is 1. The summed E-state index contributed by atoms with van der Waals surface area (Å²) < 4.78 is 32.4. The number of nitrogens with zero attached hydrogens (tertiary/aromatic N) is 2. The lowest BCUT2D eigenvalue weighted by atomic mass is 10.3. The zero-order valence-corrected chi connectivity index (χ0v) is 13.6. The van der Waals surface area contributed by atoms with Crippen molar-refractivity contribution >= 4 is 21.6 Å². The van der Waals surface area contributed by atoms with Crippen LogP contribution in [-0.4, -0.2) is 44.9 Å². The summed E-state index contributed by atoms with van der Waals surface area (Å²) in [6.07, 6.45) is 1.40. The van der Waals surface area contributed by atoms with Crippen molar-refractivity contribution in [2.24, 2.45) is 0 Å². The van der Waals surface area contributed by atoms with Crippen molar-refractivity contribution in [2.75, 3.05) is 25.4 Å². The smallest absolute Gasteiger partial charge is 0.279 e. The molecule has 2 aromatic rings. The van der Waals surface area contributed by atoms with Gasteiger partial charge < -0.3 is 9.64 Å². The summed E-state index contributed by atoms with van der Waals surface area (Å²) in [5.41, 5.74) is 0.240. The minimum absolute atomic E-state index is 0.0980. The highest BCUT2D eigenvalue weighted by Crippen LogP contribution is 2.26. The monoisotopic (exact) mass is 335 g/mol. The van der Waals surface area contributed by atoms with E-state index in [0.717, 1.165) is 0 Å². The molecule has 1 N–H and O–H groups in total. The van der Waals surface area contributed by atoms with E-state index in [1.165, 1.54) is 17.2 Å². The Bertz CT molecular complexity index is 776. The number of para-hydroxylation sites is 2. The molecule has 0 unspecified atom stereocenters. The molecule has 0 fully saturated rings. The number of hydrogen-bond acceptors (Lipinski definition) is 5. The van der Waals surface area contributed by atoms with Crippen LogP contribution in [-0.2, 0) is 14.8 Å². The SMILES string of the molecule is CN(C)C(=O)COc1ccccc1NS(=O)(=O)c1ccccn1. The Hall–Kier alpha value is -2.61. The molecule has 8 heteroatoms. The summed E-state index contributed by atoms with van der Waals surface area (Å²) in [7, 11) is -0.602. The molecule has 1 aromatic heterocycles. The number of benzene rings is 1. The Morgan fingerprint density at radius 2 is 1.87 bits per heavy atom. The molecular weight excluding hydrogens is 318 g/mol. The lowest BCUT2D eigenvalue weighted by Gasteiger charge is -2.15. The summed E-state index contributed by atoms with van der Waals surface area (Å²) >= 11 is 0. The first-order valence-electron chi connectivity index (χ1n) is 6.76. The highest BCUT2D eigenvalue weighted by atomic mass is 32.2. The Balaban J connectivity index is 2.19. The van der Waals surface area contributed by atoms with Crippen LogP contribution in [0.15, 0.2) is 53.7 Å². The van der Waals surface area contributed by atoms with Gasteiger partial charge in [-0.25, -0.2) is 4.98 Å². The van der Waals surface area contributed by atoms with E-state index in [4.69, 9.17) is 4.74 Å². The third-order valence-corrected chi connectivity index (χ3v) is 4.18. The second kappa shape index (κ2) is 7.10.